The zero-order valence-electron chi connectivity index (χ0n) is 15.2. The molecule has 27 heavy (non-hydrogen) atoms. The molecule has 0 amide bonds. The quantitative estimate of drug-likeness (QED) is 0.527. The predicted molar refractivity (Wildman–Crippen MR) is 113 cm³/mol. The van der Waals surface area contributed by atoms with Gasteiger partial charge in [0.25, 0.3) is 0 Å². The smallest absolute Gasteiger partial charge is 0.119 e. The highest BCUT2D eigenvalue weighted by atomic mass is 35.5. The third kappa shape index (κ3) is 6.79. The standard InChI is InChI=1S/C22H22ClNO2.ClH/c1-25-21-10-4-17(5-11-21)14-24-15-18-6-12-22(13-7-18)26-16-19-2-8-20(23)9-3-19;/h2-13,24H,14-16H2,1H3;1H. The Morgan fingerprint density at radius 3 is 1.70 bits per heavy atom. The number of rotatable bonds is 8. The molecule has 0 bridgehead atoms. The number of methoxy groups -OCH3 is 1. The van der Waals surface area contributed by atoms with Crippen LogP contribution in [0, 0.1) is 0 Å². The average molecular weight is 404 g/mol. The molecule has 0 unspecified atom stereocenters. The van der Waals surface area contributed by atoms with Gasteiger partial charge in [0, 0.05) is 18.1 Å². The fourth-order valence-corrected chi connectivity index (χ4v) is 2.67. The first kappa shape index (κ1) is 21.1. The summed E-state index contributed by atoms with van der Waals surface area (Å²) in [5, 5.41) is 4.18. The van der Waals surface area contributed by atoms with E-state index < -0.39 is 0 Å². The molecule has 3 aromatic rings. The van der Waals surface area contributed by atoms with Gasteiger partial charge in [-0.05, 0) is 53.1 Å². The van der Waals surface area contributed by atoms with E-state index in [1.165, 1.54) is 11.1 Å². The molecule has 0 aromatic heterocycles. The Balaban J connectivity index is 0.00000261. The van der Waals surface area contributed by atoms with Gasteiger partial charge in [0.2, 0.25) is 0 Å². The summed E-state index contributed by atoms with van der Waals surface area (Å²) >= 11 is 5.89. The molecule has 0 saturated carbocycles. The van der Waals surface area contributed by atoms with Gasteiger partial charge in [-0.1, -0.05) is 48.0 Å². The van der Waals surface area contributed by atoms with Crippen molar-refractivity contribution in [3.8, 4) is 11.5 Å². The van der Waals surface area contributed by atoms with Crippen molar-refractivity contribution in [2.45, 2.75) is 19.7 Å². The molecule has 142 valence electrons. The molecule has 0 atom stereocenters. The van der Waals surface area contributed by atoms with Crippen LogP contribution < -0.4 is 14.8 Å². The minimum Gasteiger partial charge on any atom is -0.497 e. The Labute approximate surface area is 171 Å². The van der Waals surface area contributed by atoms with Crippen LogP contribution in [0.5, 0.6) is 11.5 Å². The Kier molecular flexibility index (Phi) is 8.46. The minimum absolute atomic E-state index is 0. The molecule has 0 heterocycles. The van der Waals surface area contributed by atoms with Crippen molar-refractivity contribution in [3.05, 3.63) is 94.5 Å². The largest absolute Gasteiger partial charge is 0.497 e. The lowest BCUT2D eigenvalue weighted by Gasteiger charge is -2.09. The minimum atomic E-state index is 0. The number of benzene rings is 3. The second-order valence-corrected chi connectivity index (χ2v) is 6.45. The van der Waals surface area contributed by atoms with Crippen LogP contribution in [0.25, 0.3) is 0 Å². The van der Waals surface area contributed by atoms with Gasteiger partial charge in [-0.25, -0.2) is 0 Å². The van der Waals surface area contributed by atoms with Gasteiger partial charge in [0.1, 0.15) is 18.1 Å². The van der Waals surface area contributed by atoms with Crippen molar-refractivity contribution in [2.75, 3.05) is 7.11 Å². The third-order valence-corrected chi connectivity index (χ3v) is 4.31. The summed E-state index contributed by atoms with van der Waals surface area (Å²) in [6.07, 6.45) is 0. The first-order valence-electron chi connectivity index (χ1n) is 8.53. The Morgan fingerprint density at radius 2 is 1.19 bits per heavy atom. The van der Waals surface area contributed by atoms with Gasteiger partial charge < -0.3 is 14.8 Å². The van der Waals surface area contributed by atoms with Crippen LogP contribution in [-0.2, 0) is 19.7 Å². The summed E-state index contributed by atoms with van der Waals surface area (Å²) in [5.41, 5.74) is 3.55. The van der Waals surface area contributed by atoms with Crippen molar-refractivity contribution in [3.63, 3.8) is 0 Å². The van der Waals surface area contributed by atoms with E-state index in [4.69, 9.17) is 21.1 Å². The molecule has 0 spiro atoms. The van der Waals surface area contributed by atoms with Crippen molar-refractivity contribution in [1.82, 2.24) is 5.32 Å². The van der Waals surface area contributed by atoms with Crippen molar-refractivity contribution >= 4 is 24.0 Å². The number of ether oxygens (including phenoxy) is 2. The summed E-state index contributed by atoms with van der Waals surface area (Å²) in [5.74, 6) is 1.74. The van der Waals surface area contributed by atoms with Gasteiger partial charge in [-0.3, -0.25) is 0 Å². The molecule has 3 nitrogen and oxygen atoms in total. The summed E-state index contributed by atoms with van der Waals surface area (Å²) in [6.45, 7) is 2.16. The molecule has 5 heteroatoms. The van der Waals surface area contributed by atoms with E-state index in [2.05, 4.69) is 29.6 Å². The fourth-order valence-electron chi connectivity index (χ4n) is 2.55. The van der Waals surface area contributed by atoms with Gasteiger partial charge in [-0.2, -0.15) is 0 Å². The molecule has 0 aliphatic carbocycles. The molecular weight excluding hydrogens is 381 g/mol. The lowest BCUT2D eigenvalue weighted by atomic mass is 10.2. The highest BCUT2D eigenvalue weighted by molar-refractivity contribution is 6.30. The molecule has 1 N–H and O–H groups in total. The highest BCUT2D eigenvalue weighted by Gasteiger charge is 1.99. The van der Waals surface area contributed by atoms with Crippen LogP contribution in [0.3, 0.4) is 0 Å². The monoisotopic (exact) mass is 403 g/mol. The summed E-state index contributed by atoms with van der Waals surface area (Å²) in [6, 6.07) is 23.9. The van der Waals surface area contributed by atoms with E-state index in [9.17, 15) is 0 Å². The number of hydrogen-bond donors (Lipinski definition) is 1. The van der Waals surface area contributed by atoms with Crippen LogP contribution >= 0.6 is 24.0 Å². The van der Waals surface area contributed by atoms with Crippen molar-refractivity contribution in [1.29, 1.82) is 0 Å². The second kappa shape index (κ2) is 10.8. The first-order valence-corrected chi connectivity index (χ1v) is 8.90. The number of nitrogens with one attached hydrogen (secondary N) is 1. The number of halogens is 2. The van der Waals surface area contributed by atoms with E-state index in [1.54, 1.807) is 7.11 Å². The third-order valence-electron chi connectivity index (χ3n) is 4.06. The van der Waals surface area contributed by atoms with E-state index >= 15 is 0 Å². The molecule has 0 saturated heterocycles. The van der Waals surface area contributed by atoms with Crippen LogP contribution in [0.2, 0.25) is 5.02 Å². The van der Waals surface area contributed by atoms with Gasteiger partial charge in [0.15, 0.2) is 0 Å². The highest BCUT2D eigenvalue weighted by Crippen LogP contribution is 2.16. The Hall–Kier alpha value is -2.20. The van der Waals surface area contributed by atoms with E-state index in [1.807, 2.05) is 48.5 Å². The molecular formula is C22H23Cl2NO2. The molecule has 3 aromatic carbocycles. The lowest BCUT2D eigenvalue weighted by molar-refractivity contribution is 0.306. The zero-order chi connectivity index (χ0) is 18.2. The maximum atomic E-state index is 5.89. The molecule has 0 aliphatic rings. The van der Waals surface area contributed by atoms with E-state index in [-0.39, 0.29) is 12.4 Å². The SMILES string of the molecule is COc1ccc(CNCc2ccc(OCc3ccc(Cl)cc3)cc2)cc1.Cl. The lowest BCUT2D eigenvalue weighted by Crippen LogP contribution is -2.12. The maximum absolute atomic E-state index is 5.89. The van der Waals surface area contributed by atoms with Crippen LogP contribution in [0.4, 0.5) is 0 Å². The van der Waals surface area contributed by atoms with Crippen LogP contribution in [0.1, 0.15) is 16.7 Å². The number of hydrogen-bond acceptors (Lipinski definition) is 3. The predicted octanol–water partition coefficient (Wildman–Crippen LogP) is 5.64. The first-order chi connectivity index (χ1) is 12.7. The van der Waals surface area contributed by atoms with Gasteiger partial charge in [-0.15, -0.1) is 12.4 Å². The molecule has 3 rings (SSSR count). The van der Waals surface area contributed by atoms with E-state index in [0.29, 0.717) is 6.61 Å². The summed E-state index contributed by atoms with van der Waals surface area (Å²) < 4.78 is 11.0. The van der Waals surface area contributed by atoms with Crippen molar-refractivity contribution < 1.29 is 9.47 Å². The fraction of sp³-hybridized carbons (Fsp3) is 0.182. The average Bonchev–Trinajstić information content (AvgIpc) is 2.69. The Morgan fingerprint density at radius 1 is 0.704 bits per heavy atom. The normalized spacial score (nSPS) is 10.1. The zero-order valence-corrected chi connectivity index (χ0v) is 16.7. The van der Waals surface area contributed by atoms with E-state index in [0.717, 1.165) is 35.2 Å². The van der Waals surface area contributed by atoms with Crippen LogP contribution in [0.15, 0.2) is 72.8 Å². The van der Waals surface area contributed by atoms with Gasteiger partial charge >= 0.3 is 0 Å². The van der Waals surface area contributed by atoms with Crippen molar-refractivity contribution in [2.24, 2.45) is 0 Å². The molecule has 0 fully saturated rings. The topological polar surface area (TPSA) is 30.5 Å². The Bertz CT molecular complexity index is 803. The maximum Gasteiger partial charge on any atom is 0.119 e. The molecule has 0 aliphatic heterocycles. The molecule has 0 radical (unpaired) electrons. The van der Waals surface area contributed by atoms with Crippen LogP contribution in [-0.4, -0.2) is 7.11 Å². The summed E-state index contributed by atoms with van der Waals surface area (Å²) in [4.78, 5) is 0. The van der Waals surface area contributed by atoms with Gasteiger partial charge in [0.05, 0.1) is 7.11 Å². The second-order valence-electron chi connectivity index (χ2n) is 6.01. The summed E-state index contributed by atoms with van der Waals surface area (Å²) in [7, 11) is 1.68.